The molecule has 0 aromatic heterocycles. The van der Waals surface area contributed by atoms with Crippen LogP contribution in [0.1, 0.15) is 32.6 Å². The van der Waals surface area contributed by atoms with Crippen LogP contribution >= 0.6 is 34.8 Å². The molecule has 0 fully saturated rings. The van der Waals surface area contributed by atoms with E-state index in [2.05, 4.69) is 6.92 Å². The van der Waals surface area contributed by atoms with Gasteiger partial charge in [0.25, 0.3) is 0 Å². The van der Waals surface area contributed by atoms with Crippen molar-refractivity contribution in [3.63, 3.8) is 0 Å². The van der Waals surface area contributed by atoms with Gasteiger partial charge in [0.1, 0.15) is 0 Å². The molecule has 0 nitrogen and oxygen atoms in total. The molecule has 0 atom stereocenters. The summed E-state index contributed by atoms with van der Waals surface area (Å²) >= 11 is 17.0. The molecule has 0 heterocycles. The Morgan fingerprint density at radius 3 is 2.27 bits per heavy atom. The van der Waals surface area contributed by atoms with Crippen LogP contribution in [0.25, 0.3) is 0 Å². The molecule has 0 rings (SSSR count). The highest BCUT2D eigenvalue weighted by Crippen LogP contribution is 2.36. The maximum atomic E-state index is 5.78. The summed E-state index contributed by atoms with van der Waals surface area (Å²) in [7, 11) is 0. The number of hydrogen-bond donors (Lipinski definition) is 0. The molecule has 0 unspecified atom stereocenters. The first-order chi connectivity index (χ1) is 5.00. The SMILES string of the molecule is [CH]=C(Cl)C(Cl)(Cl)CCCCC. The fourth-order valence-electron chi connectivity index (χ4n) is 0.716. The van der Waals surface area contributed by atoms with Gasteiger partial charge in [0.15, 0.2) is 4.33 Å². The van der Waals surface area contributed by atoms with Crippen LogP contribution in [0, 0.1) is 6.58 Å². The highest BCUT2D eigenvalue weighted by molar-refractivity contribution is 6.55. The highest BCUT2D eigenvalue weighted by atomic mass is 35.5. The van der Waals surface area contributed by atoms with Crippen molar-refractivity contribution in [1.29, 1.82) is 0 Å². The third kappa shape index (κ3) is 4.95. The lowest BCUT2D eigenvalue weighted by molar-refractivity contribution is 0.654. The molecule has 0 amide bonds. The fraction of sp³-hybridized carbons (Fsp3) is 0.750. The number of alkyl halides is 2. The van der Waals surface area contributed by atoms with Gasteiger partial charge in [0, 0.05) is 0 Å². The normalized spacial score (nSPS) is 11.6. The van der Waals surface area contributed by atoms with Crippen LogP contribution in [0.5, 0.6) is 0 Å². The zero-order chi connectivity index (χ0) is 8.91. The molecular weight excluding hydrogens is 202 g/mol. The molecule has 65 valence electrons. The fourth-order valence-corrected chi connectivity index (χ4v) is 1.08. The summed E-state index contributed by atoms with van der Waals surface area (Å²) in [5, 5.41) is 0.0666. The maximum absolute atomic E-state index is 5.78. The minimum absolute atomic E-state index is 0.0666. The van der Waals surface area contributed by atoms with E-state index in [1.807, 2.05) is 0 Å². The van der Waals surface area contributed by atoms with Gasteiger partial charge in [-0.3, -0.25) is 0 Å². The second-order valence-electron chi connectivity index (χ2n) is 2.51. The van der Waals surface area contributed by atoms with Crippen molar-refractivity contribution in [2.75, 3.05) is 0 Å². The average Bonchev–Trinajstić information content (AvgIpc) is 1.88. The van der Waals surface area contributed by atoms with Crippen LogP contribution in [0.3, 0.4) is 0 Å². The van der Waals surface area contributed by atoms with E-state index >= 15 is 0 Å². The molecule has 0 aliphatic heterocycles. The largest absolute Gasteiger partial charge is 0.153 e. The molecule has 0 aromatic rings. The number of hydrogen-bond acceptors (Lipinski definition) is 0. The quantitative estimate of drug-likeness (QED) is 0.473. The monoisotopic (exact) mass is 213 g/mol. The first-order valence-electron chi connectivity index (χ1n) is 3.67. The molecule has 0 saturated carbocycles. The second-order valence-corrected chi connectivity index (χ2v) is 4.40. The van der Waals surface area contributed by atoms with Crippen LogP contribution in [0.15, 0.2) is 5.03 Å². The zero-order valence-electron chi connectivity index (χ0n) is 6.54. The van der Waals surface area contributed by atoms with E-state index in [0.717, 1.165) is 19.3 Å². The molecule has 0 aromatic carbocycles. The molecule has 1 radical (unpaired) electrons. The summed E-state index contributed by atoms with van der Waals surface area (Å²) in [5.74, 6) is 0. The number of allylic oxidation sites excluding steroid dienone is 1. The third-order valence-electron chi connectivity index (χ3n) is 1.44. The lowest BCUT2D eigenvalue weighted by Crippen LogP contribution is -2.11. The Balaban J connectivity index is 3.64. The Morgan fingerprint density at radius 1 is 1.36 bits per heavy atom. The molecule has 11 heavy (non-hydrogen) atoms. The van der Waals surface area contributed by atoms with E-state index in [-0.39, 0.29) is 5.03 Å². The Hall–Kier alpha value is 0.610. The standard InChI is InChI=1S/C8H12Cl3/c1-3-4-5-6-8(10,11)7(2)9/h2H,3-6H2,1H3. The van der Waals surface area contributed by atoms with Gasteiger partial charge >= 0.3 is 0 Å². The number of unbranched alkanes of at least 4 members (excludes halogenated alkanes) is 2. The summed E-state index contributed by atoms with van der Waals surface area (Å²) in [6.45, 7) is 7.38. The van der Waals surface area contributed by atoms with Crippen LogP contribution < -0.4 is 0 Å². The Bertz CT molecular complexity index is 129. The molecule has 0 aliphatic carbocycles. The van der Waals surface area contributed by atoms with E-state index in [1.54, 1.807) is 0 Å². The minimum Gasteiger partial charge on any atom is -0.0953 e. The lowest BCUT2D eigenvalue weighted by atomic mass is 10.1. The second kappa shape index (κ2) is 5.29. The van der Waals surface area contributed by atoms with Gasteiger partial charge in [0.2, 0.25) is 0 Å². The Labute approximate surface area is 83.5 Å². The van der Waals surface area contributed by atoms with Gasteiger partial charge in [-0.05, 0) is 13.0 Å². The van der Waals surface area contributed by atoms with Crippen molar-refractivity contribution in [1.82, 2.24) is 0 Å². The van der Waals surface area contributed by atoms with Crippen molar-refractivity contribution in [2.45, 2.75) is 36.9 Å². The molecule has 0 N–H and O–H groups in total. The van der Waals surface area contributed by atoms with Gasteiger partial charge in [0.05, 0.1) is 5.03 Å². The van der Waals surface area contributed by atoms with Gasteiger partial charge in [-0.1, -0.05) is 61.0 Å². The molecule has 0 saturated heterocycles. The Kier molecular flexibility index (Phi) is 5.58. The first-order valence-corrected chi connectivity index (χ1v) is 4.80. The topological polar surface area (TPSA) is 0 Å². The van der Waals surface area contributed by atoms with E-state index in [1.165, 1.54) is 0 Å². The van der Waals surface area contributed by atoms with Gasteiger partial charge in [-0.2, -0.15) is 0 Å². The summed E-state index contributed by atoms with van der Waals surface area (Å²) in [6, 6.07) is 0. The van der Waals surface area contributed by atoms with Crippen molar-refractivity contribution >= 4 is 34.8 Å². The maximum Gasteiger partial charge on any atom is 0.153 e. The van der Waals surface area contributed by atoms with Gasteiger partial charge < -0.3 is 0 Å². The molecule has 0 spiro atoms. The molecular formula is C8H12Cl3. The number of halogens is 3. The van der Waals surface area contributed by atoms with Gasteiger partial charge in [-0.25, -0.2) is 0 Å². The predicted molar refractivity (Wildman–Crippen MR) is 52.2 cm³/mol. The van der Waals surface area contributed by atoms with Crippen molar-refractivity contribution in [3.8, 4) is 0 Å². The van der Waals surface area contributed by atoms with Crippen molar-refractivity contribution < 1.29 is 0 Å². The smallest absolute Gasteiger partial charge is 0.0953 e. The third-order valence-corrected chi connectivity index (χ3v) is 2.74. The summed E-state index contributed by atoms with van der Waals surface area (Å²) in [6.07, 6.45) is 3.81. The minimum atomic E-state index is -1.04. The number of rotatable bonds is 5. The van der Waals surface area contributed by atoms with E-state index in [9.17, 15) is 0 Å². The van der Waals surface area contributed by atoms with Crippen LogP contribution in [-0.2, 0) is 0 Å². The average molecular weight is 215 g/mol. The summed E-state index contributed by atoms with van der Waals surface area (Å²) in [4.78, 5) is 0. The lowest BCUT2D eigenvalue weighted by Gasteiger charge is -2.16. The van der Waals surface area contributed by atoms with E-state index in [0.29, 0.717) is 6.42 Å². The highest BCUT2D eigenvalue weighted by Gasteiger charge is 2.25. The van der Waals surface area contributed by atoms with Crippen LogP contribution in [-0.4, -0.2) is 4.33 Å². The molecule has 0 aliphatic rings. The van der Waals surface area contributed by atoms with Crippen LogP contribution in [0.4, 0.5) is 0 Å². The van der Waals surface area contributed by atoms with Crippen molar-refractivity contribution in [2.24, 2.45) is 0 Å². The van der Waals surface area contributed by atoms with E-state index in [4.69, 9.17) is 41.4 Å². The van der Waals surface area contributed by atoms with E-state index < -0.39 is 4.33 Å². The van der Waals surface area contributed by atoms with Crippen molar-refractivity contribution in [3.05, 3.63) is 11.6 Å². The molecule has 3 heteroatoms. The first kappa shape index (κ1) is 11.6. The zero-order valence-corrected chi connectivity index (χ0v) is 8.81. The predicted octanol–water partition coefficient (Wildman–Crippen LogP) is 4.30. The van der Waals surface area contributed by atoms with Gasteiger partial charge in [-0.15, -0.1) is 0 Å². The van der Waals surface area contributed by atoms with Crippen LogP contribution in [0.2, 0.25) is 0 Å². The summed E-state index contributed by atoms with van der Waals surface area (Å²) < 4.78 is -1.04. The summed E-state index contributed by atoms with van der Waals surface area (Å²) in [5.41, 5.74) is 0. The Morgan fingerprint density at radius 2 is 1.91 bits per heavy atom. The molecule has 0 bridgehead atoms.